The molecule has 0 aromatic heterocycles. The van der Waals surface area contributed by atoms with Gasteiger partial charge in [0.2, 0.25) is 0 Å². The molecule has 25 heavy (non-hydrogen) atoms. The Bertz CT molecular complexity index is 575. The Balaban J connectivity index is 1.97. The molecule has 2 rings (SSSR count). The molecule has 1 saturated heterocycles. The van der Waals surface area contributed by atoms with Crippen molar-refractivity contribution >= 4 is 6.03 Å². The standard InChI is InChI=1S/C19H31N3O3/c1-19(24)9-6-11-22(12-10-19)18(23)20-14-17(21(2)3)15-7-5-8-16(13-15)25-4/h5,7-8,13,17,24H,6,9-12,14H2,1-4H3,(H,20,23)/t17-,19+/m0/s1. The van der Waals surface area contributed by atoms with Crippen molar-refractivity contribution in [2.24, 2.45) is 0 Å². The normalized spacial score (nSPS) is 22.4. The quantitative estimate of drug-likeness (QED) is 0.856. The highest BCUT2D eigenvalue weighted by molar-refractivity contribution is 5.74. The van der Waals surface area contributed by atoms with E-state index in [4.69, 9.17) is 4.74 Å². The second-order valence-electron chi connectivity index (χ2n) is 7.28. The topological polar surface area (TPSA) is 65.0 Å². The average molecular weight is 349 g/mol. The van der Waals surface area contributed by atoms with Gasteiger partial charge in [-0.25, -0.2) is 4.79 Å². The van der Waals surface area contributed by atoms with Gasteiger partial charge in [0.25, 0.3) is 0 Å². The second kappa shape index (κ2) is 8.54. The van der Waals surface area contributed by atoms with Gasteiger partial charge in [-0.1, -0.05) is 12.1 Å². The van der Waals surface area contributed by atoms with Crippen molar-refractivity contribution in [3.05, 3.63) is 29.8 Å². The maximum atomic E-state index is 12.5. The number of rotatable bonds is 5. The minimum Gasteiger partial charge on any atom is -0.497 e. The predicted octanol–water partition coefficient (Wildman–Crippen LogP) is 2.24. The summed E-state index contributed by atoms with van der Waals surface area (Å²) in [6.45, 7) is 3.64. The van der Waals surface area contributed by atoms with Gasteiger partial charge >= 0.3 is 6.03 Å². The van der Waals surface area contributed by atoms with E-state index >= 15 is 0 Å². The van der Waals surface area contributed by atoms with Crippen molar-refractivity contribution in [3.63, 3.8) is 0 Å². The summed E-state index contributed by atoms with van der Waals surface area (Å²) in [6.07, 6.45) is 2.18. The van der Waals surface area contributed by atoms with Crippen LogP contribution in [-0.2, 0) is 0 Å². The van der Waals surface area contributed by atoms with Gasteiger partial charge in [0.05, 0.1) is 18.8 Å². The zero-order valence-corrected chi connectivity index (χ0v) is 15.8. The monoisotopic (exact) mass is 349 g/mol. The van der Waals surface area contributed by atoms with Crippen LogP contribution in [0.15, 0.2) is 24.3 Å². The molecule has 2 N–H and O–H groups in total. The lowest BCUT2D eigenvalue weighted by atomic mass is 9.98. The Morgan fingerprint density at radius 2 is 2.16 bits per heavy atom. The van der Waals surface area contributed by atoms with Gasteiger partial charge < -0.3 is 25.0 Å². The number of carbonyl (C=O) groups excluding carboxylic acids is 1. The molecule has 1 aromatic carbocycles. The molecule has 1 aliphatic rings. The van der Waals surface area contributed by atoms with E-state index in [1.165, 1.54) is 0 Å². The van der Waals surface area contributed by atoms with Gasteiger partial charge in [0, 0.05) is 19.6 Å². The highest BCUT2D eigenvalue weighted by Crippen LogP contribution is 2.23. The van der Waals surface area contributed by atoms with E-state index in [-0.39, 0.29) is 12.1 Å². The highest BCUT2D eigenvalue weighted by Gasteiger charge is 2.27. The first-order valence-electron chi connectivity index (χ1n) is 8.88. The zero-order valence-electron chi connectivity index (χ0n) is 15.8. The molecule has 0 radical (unpaired) electrons. The molecule has 1 aromatic rings. The largest absolute Gasteiger partial charge is 0.497 e. The smallest absolute Gasteiger partial charge is 0.317 e. The van der Waals surface area contributed by atoms with Crippen LogP contribution >= 0.6 is 0 Å². The van der Waals surface area contributed by atoms with Gasteiger partial charge in [0.15, 0.2) is 0 Å². The fourth-order valence-electron chi connectivity index (χ4n) is 3.21. The lowest BCUT2D eigenvalue weighted by Gasteiger charge is -2.28. The van der Waals surface area contributed by atoms with E-state index < -0.39 is 5.60 Å². The number of hydrogen-bond acceptors (Lipinski definition) is 4. The third-order valence-corrected chi connectivity index (χ3v) is 4.90. The SMILES string of the molecule is COc1cccc([C@H](CNC(=O)N2CCC[C@@](C)(O)CC2)N(C)C)c1. The number of likely N-dealkylation sites (tertiary alicyclic amines) is 1. The summed E-state index contributed by atoms with van der Waals surface area (Å²) in [4.78, 5) is 16.4. The van der Waals surface area contributed by atoms with E-state index in [1.54, 1.807) is 12.0 Å². The first-order chi connectivity index (χ1) is 11.8. The number of likely N-dealkylation sites (N-methyl/N-ethyl adjacent to an activating group) is 1. The molecule has 1 fully saturated rings. The van der Waals surface area contributed by atoms with Gasteiger partial charge in [-0.05, 0) is 58.0 Å². The number of benzene rings is 1. The Labute approximate surface area is 150 Å². The van der Waals surface area contributed by atoms with Crippen LogP contribution < -0.4 is 10.1 Å². The molecule has 140 valence electrons. The first kappa shape index (κ1) is 19.5. The number of nitrogens with zero attached hydrogens (tertiary/aromatic N) is 2. The van der Waals surface area contributed by atoms with Crippen molar-refractivity contribution in [2.75, 3.05) is 40.8 Å². The molecule has 0 unspecified atom stereocenters. The van der Waals surface area contributed by atoms with Crippen LogP contribution in [0.4, 0.5) is 4.79 Å². The van der Waals surface area contributed by atoms with E-state index in [2.05, 4.69) is 10.2 Å². The lowest BCUT2D eigenvalue weighted by molar-refractivity contribution is 0.0456. The Morgan fingerprint density at radius 3 is 2.84 bits per heavy atom. The second-order valence-corrected chi connectivity index (χ2v) is 7.28. The van der Waals surface area contributed by atoms with Gasteiger partial charge in [-0.2, -0.15) is 0 Å². The average Bonchev–Trinajstić information content (AvgIpc) is 2.75. The van der Waals surface area contributed by atoms with Crippen LogP contribution in [0.25, 0.3) is 0 Å². The van der Waals surface area contributed by atoms with E-state index in [0.29, 0.717) is 26.1 Å². The molecule has 1 heterocycles. The van der Waals surface area contributed by atoms with Crippen LogP contribution in [-0.4, -0.2) is 67.4 Å². The minimum absolute atomic E-state index is 0.0625. The summed E-state index contributed by atoms with van der Waals surface area (Å²) in [5, 5.41) is 13.2. The summed E-state index contributed by atoms with van der Waals surface area (Å²) < 4.78 is 5.30. The molecular formula is C19H31N3O3. The third-order valence-electron chi connectivity index (χ3n) is 4.90. The van der Waals surface area contributed by atoms with Crippen LogP contribution in [0.1, 0.15) is 37.8 Å². The Kier molecular flexibility index (Phi) is 6.67. The van der Waals surface area contributed by atoms with Crippen molar-refractivity contribution in [3.8, 4) is 5.75 Å². The summed E-state index contributed by atoms with van der Waals surface area (Å²) in [5.74, 6) is 0.811. The molecule has 0 bridgehead atoms. The molecule has 1 aliphatic heterocycles. The van der Waals surface area contributed by atoms with Gasteiger partial charge in [0.1, 0.15) is 5.75 Å². The summed E-state index contributed by atoms with van der Waals surface area (Å²) in [5.41, 5.74) is 0.436. The number of nitrogens with one attached hydrogen (secondary N) is 1. The van der Waals surface area contributed by atoms with Gasteiger partial charge in [-0.15, -0.1) is 0 Å². The highest BCUT2D eigenvalue weighted by atomic mass is 16.5. The van der Waals surface area contributed by atoms with Crippen LogP contribution in [0.2, 0.25) is 0 Å². The molecule has 6 nitrogen and oxygen atoms in total. The summed E-state index contributed by atoms with van der Waals surface area (Å²) in [6, 6.07) is 7.92. The van der Waals surface area contributed by atoms with E-state index in [1.807, 2.05) is 45.3 Å². The molecule has 0 saturated carbocycles. The molecule has 2 amide bonds. The van der Waals surface area contributed by atoms with Crippen LogP contribution in [0.3, 0.4) is 0 Å². The first-order valence-corrected chi connectivity index (χ1v) is 8.88. The third kappa shape index (κ3) is 5.61. The fraction of sp³-hybridized carbons (Fsp3) is 0.632. The maximum absolute atomic E-state index is 12.5. The van der Waals surface area contributed by atoms with Crippen molar-refractivity contribution < 1.29 is 14.6 Å². The predicted molar refractivity (Wildman–Crippen MR) is 98.9 cm³/mol. The summed E-state index contributed by atoms with van der Waals surface area (Å²) >= 11 is 0. The fourth-order valence-corrected chi connectivity index (χ4v) is 3.21. The van der Waals surface area contributed by atoms with Crippen molar-refractivity contribution in [1.82, 2.24) is 15.1 Å². The number of carbonyl (C=O) groups is 1. The maximum Gasteiger partial charge on any atom is 0.317 e. The molecule has 2 atom stereocenters. The van der Waals surface area contributed by atoms with Gasteiger partial charge in [-0.3, -0.25) is 0 Å². The Hall–Kier alpha value is -1.79. The minimum atomic E-state index is -0.665. The zero-order chi connectivity index (χ0) is 18.4. The van der Waals surface area contributed by atoms with E-state index in [9.17, 15) is 9.90 Å². The number of urea groups is 1. The summed E-state index contributed by atoms with van der Waals surface area (Å²) in [7, 11) is 5.65. The van der Waals surface area contributed by atoms with E-state index in [0.717, 1.165) is 24.2 Å². The number of methoxy groups -OCH3 is 1. The number of ether oxygens (including phenoxy) is 1. The molecular weight excluding hydrogens is 318 g/mol. The Morgan fingerprint density at radius 1 is 1.40 bits per heavy atom. The van der Waals surface area contributed by atoms with Crippen molar-refractivity contribution in [1.29, 1.82) is 0 Å². The molecule has 0 aliphatic carbocycles. The number of hydrogen-bond donors (Lipinski definition) is 2. The van der Waals surface area contributed by atoms with Crippen LogP contribution in [0.5, 0.6) is 5.75 Å². The molecule has 6 heteroatoms. The van der Waals surface area contributed by atoms with Crippen molar-refractivity contribution in [2.45, 2.75) is 37.8 Å². The number of aliphatic hydroxyl groups is 1. The molecule has 0 spiro atoms. The lowest BCUT2D eigenvalue weighted by Crippen LogP contribution is -2.44. The van der Waals surface area contributed by atoms with Crippen LogP contribution in [0, 0.1) is 0 Å². The number of amides is 2.